The fourth-order valence-electron chi connectivity index (χ4n) is 1.46. The summed E-state index contributed by atoms with van der Waals surface area (Å²) in [5.41, 5.74) is 0.884. The molecule has 0 atom stereocenters. The molecule has 1 aliphatic heterocycles. The monoisotopic (exact) mass is 194 g/mol. The zero-order valence-electron chi connectivity index (χ0n) is 8.27. The smallest absolute Gasteiger partial charge is 0.232 e. The van der Waals surface area contributed by atoms with Crippen molar-refractivity contribution in [1.29, 1.82) is 0 Å². The van der Waals surface area contributed by atoms with Crippen molar-refractivity contribution in [3.8, 4) is 5.88 Å². The lowest BCUT2D eigenvalue weighted by molar-refractivity contribution is 0.0235. The van der Waals surface area contributed by atoms with Crippen LogP contribution in [-0.4, -0.2) is 29.3 Å². The van der Waals surface area contributed by atoms with Gasteiger partial charge < -0.3 is 9.47 Å². The second-order valence-corrected chi connectivity index (χ2v) is 3.43. The van der Waals surface area contributed by atoms with Gasteiger partial charge in [0.2, 0.25) is 5.88 Å². The summed E-state index contributed by atoms with van der Waals surface area (Å²) in [5, 5.41) is 0. The molecule has 2 rings (SSSR count). The molecule has 0 N–H and O–H groups in total. The lowest BCUT2D eigenvalue weighted by Crippen LogP contribution is -2.26. The van der Waals surface area contributed by atoms with Gasteiger partial charge in [0.15, 0.2) is 0 Å². The Morgan fingerprint density at radius 3 is 2.86 bits per heavy atom. The van der Waals surface area contributed by atoms with Gasteiger partial charge in [-0.3, -0.25) is 4.98 Å². The third kappa shape index (κ3) is 2.42. The third-order valence-corrected chi connectivity index (χ3v) is 2.19. The van der Waals surface area contributed by atoms with Gasteiger partial charge in [-0.2, -0.15) is 0 Å². The summed E-state index contributed by atoms with van der Waals surface area (Å²) in [6.07, 6.45) is 5.49. The van der Waals surface area contributed by atoms with Crippen molar-refractivity contribution in [3.63, 3.8) is 0 Å². The molecule has 1 aliphatic rings. The van der Waals surface area contributed by atoms with Crippen LogP contribution >= 0.6 is 0 Å². The van der Waals surface area contributed by atoms with Crippen molar-refractivity contribution >= 4 is 0 Å². The van der Waals surface area contributed by atoms with Crippen LogP contribution in [0.25, 0.3) is 0 Å². The van der Waals surface area contributed by atoms with Gasteiger partial charge in [-0.05, 0) is 6.92 Å². The Balaban J connectivity index is 1.95. The minimum absolute atomic E-state index is 0.236. The van der Waals surface area contributed by atoms with Crippen molar-refractivity contribution in [2.24, 2.45) is 0 Å². The van der Waals surface area contributed by atoms with E-state index in [2.05, 4.69) is 9.97 Å². The molecular weight excluding hydrogens is 180 g/mol. The summed E-state index contributed by atoms with van der Waals surface area (Å²) < 4.78 is 10.9. The van der Waals surface area contributed by atoms with E-state index in [1.54, 1.807) is 12.4 Å². The van der Waals surface area contributed by atoms with E-state index in [1.807, 2.05) is 6.92 Å². The average Bonchev–Trinajstić information content (AvgIpc) is 2.19. The maximum Gasteiger partial charge on any atom is 0.232 e. The maximum atomic E-state index is 5.68. The fraction of sp³-hybridized carbons (Fsp3) is 0.600. The van der Waals surface area contributed by atoms with Crippen molar-refractivity contribution in [3.05, 3.63) is 18.1 Å². The number of hydrogen-bond donors (Lipinski definition) is 0. The lowest BCUT2D eigenvalue weighted by Gasteiger charge is -2.22. The molecule has 14 heavy (non-hydrogen) atoms. The van der Waals surface area contributed by atoms with E-state index in [-0.39, 0.29) is 6.10 Å². The number of rotatable bonds is 2. The molecule has 1 fully saturated rings. The normalized spacial score (nSPS) is 18.1. The zero-order valence-corrected chi connectivity index (χ0v) is 8.27. The fourth-order valence-corrected chi connectivity index (χ4v) is 1.46. The van der Waals surface area contributed by atoms with Crippen LogP contribution in [-0.2, 0) is 4.74 Å². The van der Waals surface area contributed by atoms with Gasteiger partial charge >= 0.3 is 0 Å². The Kier molecular flexibility index (Phi) is 2.93. The van der Waals surface area contributed by atoms with Gasteiger partial charge in [0, 0.05) is 19.0 Å². The zero-order chi connectivity index (χ0) is 9.80. The Bertz CT molecular complexity index is 298. The van der Waals surface area contributed by atoms with Gasteiger partial charge in [0.25, 0.3) is 0 Å². The largest absolute Gasteiger partial charge is 0.473 e. The van der Waals surface area contributed by atoms with E-state index in [0.29, 0.717) is 5.88 Å². The van der Waals surface area contributed by atoms with E-state index in [1.165, 1.54) is 0 Å². The Morgan fingerprint density at radius 2 is 2.14 bits per heavy atom. The number of ether oxygens (including phenoxy) is 2. The minimum Gasteiger partial charge on any atom is -0.473 e. The number of hydrogen-bond acceptors (Lipinski definition) is 4. The topological polar surface area (TPSA) is 44.2 Å². The highest BCUT2D eigenvalue weighted by atomic mass is 16.5. The summed E-state index contributed by atoms with van der Waals surface area (Å²) in [4.78, 5) is 8.27. The van der Waals surface area contributed by atoms with Crippen molar-refractivity contribution in [1.82, 2.24) is 9.97 Å². The van der Waals surface area contributed by atoms with E-state index in [0.717, 1.165) is 31.7 Å². The quantitative estimate of drug-likeness (QED) is 0.712. The van der Waals surface area contributed by atoms with Crippen LogP contribution in [0, 0.1) is 6.92 Å². The summed E-state index contributed by atoms with van der Waals surface area (Å²) in [6.45, 7) is 3.47. The van der Waals surface area contributed by atoms with Gasteiger partial charge in [0.1, 0.15) is 6.10 Å². The molecule has 1 aromatic heterocycles. The van der Waals surface area contributed by atoms with Crippen LogP contribution in [0.2, 0.25) is 0 Å². The molecular formula is C10H14N2O2. The standard InChI is InChI=1S/C10H14N2O2/c1-8-6-11-7-10(12-8)14-9-2-4-13-5-3-9/h6-7,9H,2-5H2,1H3. The predicted octanol–water partition coefficient (Wildman–Crippen LogP) is 1.34. The predicted molar refractivity (Wildman–Crippen MR) is 51.2 cm³/mol. The van der Waals surface area contributed by atoms with Crippen LogP contribution in [0.3, 0.4) is 0 Å². The molecule has 0 saturated carbocycles. The maximum absolute atomic E-state index is 5.68. The summed E-state index contributed by atoms with van der Waals surface area (Å²) in [5.74, 6) is 0.622. The highest BCUT2D eigenvalue weighted by molar-refractivity contribution is 5.07. The third-order valence-electron chi connectivity index (χ3n) is 2.19. The van der Waals surface area contributed by atoms with Gasteiger partial charge in [-0.1, -0.05) is 0 Å². The van der Waals surface area contributed by atoms with E-state index >= 15 is 0 Å². The van der Waals surface area contributed by atoms with Crippen LogP contribution in [0.15, 0.2) is 12.4 Å². The minimum atomic E-state index is 0.236. The molecule has 1 saturated heterocycles. The Morgan fingerprint density at radius 1 is 1.36 bits per heavy atom. The molecule has 0 spiro atoms. The van der Waals surface area contributed by atoms with Gasteiger partial charge in [-0.25, -0.2) is 4.98 Å². The second-order valence-electron chi connectivity index (χ2n) is 3.43. The van der Waals surface area contributed by atoms with E-state index < -0.39 is 0 Å². The summed E-state index contributed by atoms with van der Waals surface area (Å²) in [7, 11) is 0. The van der Waals surface area contributed by atoms with E-state index in [9.17, 15) is 0 Å². The number of aryl methyl sites for hydroxylation is 1. The van der Waals surface area contributed by atoms with Crippen LogP contribution < -0.4 is 4.74 Å². The molecule has 0 aliphatic carbocycles. The first-order valence-corrected chi connectivity index (χ1v) is 4.87. The first-order valence-electron chi connectivity index (χ1n) is 4.87. The van der Waals surface area contributed by atoms with Crippen molar-refractivity contribution < 1.29 is 9.47 Å². The van der Waals surface area contributed by atoms with Crippen LogP contribution in [0.4, 0.5) is 0 Å². The molecule has 2 heterocycles. The second kappa shape index (κ2) is 4.37. The van der Waals surface area contributed by atoms with Gasteiger partial charge in [0.05, 0.1) is 25.1 Å². The summed E-state index contributed by atoms with van der Waals surface area (Å²) >= 11 is 0. The molecule has 0 amide bonds. The summed E-state index contributed by atoms with van der Waals surface area (Å²) in [6, 6.07) is 0. The van der Waals surface area contributed by atoms with Crippen LogP contribution in [0.5, 0.6) is 5.88 Å². The van der Waals surface area contributed by atoms with Crippen LogP contribution in [0.1, 0.15) is 18.5 Å². The molecule has 1 aromatic rings. The Hall–Kier alpha value is -1.16. The number of nitrogens with zero attached hydrogens (tertiary/aromatic N) is 2. The highest BCUT2D eigenvalue weighted by Crippen LogP contribution is 2.14. The van der Waals surface area contributed by atoms with Crippen molar-refractivity contribution in [2.45, 2.75) is 25.9 Å². The van der Waals surface area contributed by atoms with Crippen molar-refractivity contribution in [2.75, 3.05) is 13.2 Å². The Labute approximate surface area is 83.3 Å². The van der Waals surface area contributed by atoms with E-state index in [4.69, 9.17) is 9.47 Å². The molecule has 4 nitrogen and oxygen atoms in total. The molecule has 0 aromatic carbocycles. The average molecular weight is 194 g/mol. The molecule has 0 bridgehead atoms. The SMILES string of the molecule is Cc1cncc(OC2CCOCC2)n1. The van der Waals surface area contributed by atoms with Gasteiger partial charge in [-0.15, -0.1) is 0 Å². The first kappa shape index (κ1) is 9.40. The lowest BCUT2D eigenvalue weighted by atomic mass is 10.2. The molecule has 0 unspecified atom stereocenters. The number of aromatic nitrogens is 2. The molecule has 76 valence electrons. The molecule has 4 heteroatoms. The molecule has 0 radical (unpaired) electrons. The first-order chi connectivity index (χ1) is 6.84. The highest BCUT2D eigenvalue weighted by Gasteiger charge is 2.15.